The lowest BCUT2D eigenvalue weighted by Crippen LogP contribution is -2.67. The molecule has 0 N–H and O–H groups in total. The van der Waals surface area contributed by atoms with Crippen molar-refractivity contribution in [3.63, 3.8) is 0 Å². The van der Waals surface area contributed by atoms with Crippen molar-refractivity contribution in [3.8, 4) is 0 Å². The largest absolute Gasteiger partial charge is 0.0625 e. The maximum absolute atomic E-state index is 2.57. The average molecular weight is 252 g/mol. The van der Waals surface area contributed by atoms with Crippen LogP contribution in [-0.4, -0.2) is 0 Å². The van der Waals surface area contributed by atoms with E-state index >= 15 is 0 Å². The summed E-state index contributed by atoms with van der Waals surface area (Å²) in [6, 6.07) is 0. The standard InChI is InChI=1S/C18H36/c1-11(2)13(5)17(9)15(7)16(8)18(17,10)14(6)12(3)4/h11-16H,1-10H3. The molecule has 0 saturated heterocycles. The fourth-order valence-electron chi connectivity index (χ4n) is 5.12. The summed E-state index contributed by atoms with van der Waals surface area (Å²) in [6.07, 6.45) is 0. The molecule has 6 atom stereocenters. The highest BCUT2D eigenvalue weighted by Crippen LogP contribution is 2.72. The average Bonchev–Trinajstić information content (AvgIpc) is 2.32. The molecule has 1 aliphatic rings. The van der Waals surface area contributed by atoms with Gasteiger partial charge in [0, 0.05) is 0 Å². The summed E-state index contributed by atoms with van der Waals surface area (Å²) in [7, 11) is 0. The van der Waals surface area contributed by atoms with Gasteiger partial charge in [0.1, 0.15) is 0 Å². The second-order valence-electron chi connectivity index (χ2n) is 8.21. The molecule has 6 unspecified atom stereocenters. The van der Waals surface area contributed by atoms with Gasteiger partial charge in [-0.1, -0.05) is 69.2 Å². The van der Waals surface area contributed by atoms with Crippen LogP contribution < -0.4 is 0 Å². The minimum absolute atomic E-state index is 0.490. The van der Waals surface area contributed by atoms with Gasteiger partial charge >= 0.3 is 0 Å². The van der Waals surface area contributed by atoms with Crippen LogP contribution in [0.5, 0.6) is 0 Å². The van der Waals surface area contributed by atoms with Crippen molar-refractivity contribution in [2.45, 2.75) is 69.2 Å². The summed E-state index contributed by atoms with van der Waals surface area (Å²) < 4.78 is 0. The minimum Gasteiger partial charge on any atom is -0.0625 e. The molecule has 0 nitrogen and oxygen atoms in total. The third kappa shape index (κ3) is 1.78. The van der Waals surface area contributed by atoms with Crippen molar-refractivity contribution < 1.29 is 0 Å². The molecule has 0 aromatic heterocycles. The van der Waals surface area contributed by atoms with Crippen LogP contribution in [0.2, 0.25) is 0 Å². The van der Waals surface area contributed by atoms with Gasteiger partial charge in [0.15, 0.2) is 0 Å². The number of rotatable bonds is 4. The fraction of sp³-hybridized carbons (Fsp3) is 1.00. The Hall–Kier alpha value is 0. The molecular formula is C18H36. The van der Waals surface area contributed by atoms with Crippen LogP contribution in [-0.2, 0) is 0 Å². The second-order valence-corrected chi connectivity index (χ2v) is 8.21. The molecule has 0 heteroatoms. The first-order valence-corrected chi connectivity index (χ1v) is 8.02. The van der Waals surface area contributed by atoms with Gasteiger partial charge in [-0.3, -0.25) is 0 Å². The van der Waals surface area contributed by atoms with Crippen molar-refractivity contribution in [3.05, 3.63) is 0 Å². The highest BCUT2D eigenvalue weighted by atomic mass is 14.7. The van der Waals surface area contributed by atoms with E-state index in [1.807, 2.05) is 0 Å². The summed E-state index contributed by atoms with van der Waals surface area (Å²) in [6.45, 7) is 24.7. The van der Waals surface area contributed by atoms with Gasteiger partial charge in [-0.25, -0.2) is 0 Å². The Morgan fingerprint density at radius 3 is 1.00 bits per heavy atom. The van der Waals surface area contributed by atoms with E-state index in [1.54, 1.807) is 0 Å². The molecule has 1 fully saturated rings. The smallest absolute Gasteiger partial charge is 0.0210 e. The Labute approximate surface area is 116 Å². The Morgan fingerprint density at radius 2 is 0.833 bits per heavy atom. The molecule has 0 aromatic carbocycles. The van der Waals surface area contributed by atoms with Crippen LogP contribution in [0.15, 0.2) is 0 Å². The minimum atomic E-state index is 0.490. The normalized spacial score (nSPS) is 44.0. The molecule has 108 valence electrons. The molecule has 0 radical (unpaired) electrons. The van der Waals surface area contributed by atoms with E-state index in [9.17, 15) is 0 Å². The van der Waals surface area contributed by atoms with Crippen LogP contribution in [0, 0.1) is 46.3 Å². The zero-order valence-electron chi connectivity index (χ0n) is 14.5. The van der Waals surface area contributed by atoms with Crippen LogP contribution in [0.3, 0.4) is 0 Å². The van der Waals surface area contributed by atoms with Gasteiger partial charge in [0.25, 0.3) is 0 Å². The lowest BCUT2D eigenvalue weighted by Gasteiger charge is -2.72. The molecule has 1 saturated carbocycles. The van der Waals surface area contributed by atoms with E-state index in [0.717, 1.165) is 35.5 Å². The second kappa shape index (κ2) is 4.84. The zero-order valence-corrected chi connectivity index (χ0v) is 14.5. The van der Waals surface area contributed by atoms with E-state index in [2.05, 4.69) is 69.2 Å². The molecule has 0 amide bonds. The maximum atomic E-state index is 2.57. The molecule has 0 aliphatic heterocycles. The molecule has 1 aliphatic carbocycles. The van der Waals surface area contributed by atoms with Gasteiger partial charge in [0.05, 0.1) is 0 Å². The number of hydrogen-bond donors (Lipinski definition) is 0. The zero-order chi connectivity index (χ0) is 14.5. The molecular weight excluding hydrogens is 216 g/mol. The van der Waals surface area contributed by atoms with Gasteiger partial charge < -0.3 is 0 Å². The fourth-order valence-corrected chi connectivity index (χ4v) is 5.12. The predicted octanol–water partition coefficient (Wildman–Crippen LogP) is 5.87. The topological polar surface area (TPSA) is 0 Å². The number of hydrogen-bond acceptors (Lipinski definition) is 0. The Morgan fingerprint density at radius 1 is 0.611 bits per heavy atom. The highest BCUT2D eigenvalue weighted by molar-refractivity contribution is 5.14. The molecule has 0 aromatic rings. The maximum Gasteiger partial charge on any atom is -0.0210 e. The molecule has 1 rings (SSSR count). The Balaban J connectivity index is 3.17. The first kappa shape index (κ1) is 16.1. The van der Waals surface area contributed by atoms with Gasteiger partial charge in [-0.2, -0.15) is 0 Å². The molecule has 18 heavy (non-hydrogen) atoms. The summed E-state index contributed by atoms with van der Waals surface area (Å²) in [5.41, 5.74) is 0.981. The summed E-state index contributed by atoms with van der Waals surface area (Å²) in [4.78, 5) is 0. The molecule has 0 spiro atoms. The Bertz CT molecular complexity index is 260. The van der Waals surface area contributed by atoms with Gasteiger partial charge in [-0.15, -0.1) is 0 Å². The summed E-state index contributed by atoms with van der Waals surface area (Å²) >= 11 is 0. The molecule has 0 heterocycles. The lowest BCUT2D eigenvalue weighted by molar-refractivity contribution is -0.244. The van der Waals surface area contributed by atoms with Crippen molar-refractivity contribution in [2.24, 2.45) is 46.3 Å². The van der Waals surface area contributed by atoms with Gasteiger partial charge in [-0.05, 0) is 46.3 Å². The predicted molar refractivity (Wildman–Crippen MR) is 82.5 cm³/mol. The van der Waals surface area contributed by atoms with Crippen LogP contribution in [0.4, 0.5) is 0 Å². The van der Waals surface area contributed by atoms with Crippen molar-refractivity contribution >= 4 is 0 Å². The first-order valence-electron chi connectivity index (χ1n) is 8.02. The van der Waals surface area contributed by atoms with E-state index in [4.69, 9.17) is 0 Å². The monoisotopic (exact) mass is 252 g/mol. The third-order valence-electron chi connectivity index (χ3n) is 7.69. The van der Waals surface area contributed by atoms with Crippen LogP contribution in [0.1, 0.15) is 69.2 Å². The van der Waals surface area contributed by atoms with Crippen molar-refractivity contribution in [2.75, 3.05) is 0 Å². The lowest BCUT2D eigenvalue weighted by atomic mass is 9.33. The van der Waals surface area contributed by atoms with Crippen molar-refractivity contribution in [1.82, 2.24) is 0 Å². The Kier molecular flexibility index (Phi) is 4.31. The summed E-state index contributed by atoms with van der Waals surface area (Å²) in [5, 5.41) is 0. The van der Waals surface area contributed by atoms with Crippen LogP contribution in [0.25, 0.3) is 0 Å². The van der Waals surface area contributed by atoms with E-state index in [-0.39, 0.29) is 0 Å². The van der Waals surface area contributed by atoms with Crippen molar-refractivity contribution in [1.29, 1.82) is 0 Å². The van der Waals surface area contributed by atoms with E-state index in [1.165, 1.54) is 0 Å². The van der Waals surface area contributed by atoms with E-state index < -0.39 is 0 Å². The SMILES string of the molecule is CC(C)C(C)C1(C)C(C)C(C)C1(C)C(C)C(C)C. The van der Waals surface area contributed by atoms with E-state index in [0.29, 0.717) is 10.8 Å². The molecule has 0 bridgehead atoms. The quantitative estimate of drug-likeness (QED) is 0.587. The first-order chi connectivity index (χ1) is 8.02. The third-order valence-corrected chi connectivity index (χ3v) is 7.69. The van der Waals surface area contributed by atoms with Crippen LogP contribution >= 0.6 is 0 Å². The summed E-state index contributed by atoms with van der Waals surface area (Å²) in [5.74, 6) is 4.86. The highest BCUT2D eigenvalue weighted by Gasteiger charge is 2.66. The van der Waals surface area contributed by atoms with Gasteiger partial charge in [0.2, 0.25) is 0 Å².